The molecule has 0 bridgehead atoms. The number of methoxy groups -OCH3 is 5. The van der Waals surface area contributed by atoms with E-state index in [4.69, 9.17) is 34.2 Å². The van der Waals surface area contributed by atoms with Crippen LogP contribution in [-0.4, -0.2) is 52.7 Å². The number of hydrogen-bond donors (Lipinski definition) is 1. The van der Waals surface area contributed by atoms with Crippen molar-refractivity contribution in [2.75, 3.05) is 47.9 Å². The summed E-state index contributed by atoms with van der Waals surface area (Å²) in [5.74, 6) is 1.00. The Labute approximate surface area is 231 Å². The van der Waals surface area contributed by atoms with Crippen LogP contribution in [0.3, 0.4) is 0 Å². The van der Waals surface area contributed by atoms with Crippen LogP contribution in [0.5, 0.6) is 28.7 Å². The topological polar surface area (TPSA) is 120 Å². The molecule has 208 valence electrons. The number of anilines is 1. The number of ether oxygens (including phenoxy) is 6. The molecule has 4 rings (SSSR count). The molecule has 4 aromatic rings. The molecule has 0 aliphatic rings. The Bertz CT molecular complexity index is 1620. The second-order valence-electron chi connectivity index (χ2n) is 8.51. The Hall–Kier alpha value is -5.12. The normalized spacial score (nSPS) is 10.6. The number of hydrogen-bond acceptors (Lipinski definition) is 9. The van der Waals surface area contributed by atoms with Crippen LogP contribution in [-0.2, 0) is 4.74 Å². The average molecular weight is 547 g/mol. The maximum atomic E-state index is 14.1. The Kier molecular flexibility index (Phi) is 8.18. The molecule has 1 heterocycles. The van der Waals surface area contributed by atoms with Crippen LogP contribution < -0.4 is 35.0 Å². The first kappa shape index (κ1) is 27.9. The predicted molar refractivity (Wildman–Crippen MR) is 153 cm³/mol. The largest absolute Gasteiger partial charge is 0.493 e. The van der Waals surface area contributed by atoms with Gasteiger partial charge in [0.1, 0.15) is 12.3 Å². The zero-order chi connectivity index (χ0) is 29.0. The zero-order valence-electron chi connectivity index (χ0n) is 22.9. The predicted octanol–water partition coefficient (Wildman–Crippen LogP) is 4.63. The van der Waals surface area contributed by atoms with Crippen LogP contribution >= 0.6 is 0 Å². The van der Waals surface area contributed by atoms with Crippen molar-refractivity contribution in [1.82, 2.24) is 4.57 Å². The second-order valence-corrected chi connectivity index (χ2v) is 8.51. The van der Waals surface area contributed by atoms with Gasteiger partial charge in [0.05, 0.1) is 40.9 Å². The van der Waals surface area contributed by atoms with E-state index < -0.39 is 11.5 Å². The molecular formula is C30H30N2O8. The third-order valence-corrected chi connectivity index (χ3v) is 6.31. The van der Waals surface area contributed by atoms with Crippen molar-refractivity contribution < 1.29 is 33.2 Å². The molecule has 40 heavy (non-hydrogen) atoms. The molecule has 0 saturated carbocycles. The molecule has 0 radical (unpaired) electrons. The molecule has 0 saturated heterocycles. The third kappa shape index (κ3) is 4.86. The number of esters is 1. The number of pyridine rings is 1. The van der Waals surface area contributed by atoms with Crippen LogP contribution in [0.15, 0.2) is 66.0 Å². The Balaban J connectivity index is 2.27. The van der Waals surface area contributed by atoms with E-state index in [1.807, 2.05) is 0 Å². The van der Waals surface area contributed by atoms with Crippen molar-refractivity contribution in [3.63, 3.8) is 0 Å². The molecule has 0 unspecified atom stereocenters. The van der Waals surface area contributed by atoms with E-state index in [1.54, 1.807) is 54.6 Å². The van der Waals surface area contributed by atoms with E-state index >= 15 is 0 Å². The standard InChI is InChI=1S/C30H30N2O8/c1-7-12-40-23-16-21-20(15-22(23)35-2)26(17-13-24(36-3)28(38-5)25(14-17)37-4)27(30(34)39-6)32(29(21)33)19-10-8-18(31)9-11-19/h7-11,13-16H,1,12,31H2,2-6H3. The minimum absolute atomic E-state index is 0.0270. The number of carbonyl (C=O) groups is 1. The number of nitrogens with two attached hydrogens (primary N) is 1. The van der Waals surface area contributed by atoms with Crippen LogP contribution in [0.2, 0.25) is 0 Å². The van der Waals surface area contributed by atoms with Gasteiger partial charge in [0.15, 0.2) is 23.0 Å². The fourth-order valence-corrected chi connectivity index (χ4v) is 4.50. The van der Waals surface area contributed by atoms with E-state index in [0.29, 0.717) is 56.6 Å². The molecule has 0 fully saturated rings. The summed E-state index contributed by atoms with van der Waals surface area (Å²) in [7, 11) is 7.20. The van der Waals surface area contributed by atoms with Crippen LogP contribution in [0, 0.1) is 0 Å². The van der Waals surface area contributed by atoms with Gasteiger partial charge in [-0.25, -0.2) is 4.79 Å². The fourth-order valence-electron chi connectivity index (χ4n) is 4.50. The SMILES string of the molecule is C=CCOc1cc2c(=O)n(-c3ccc(N)cc3)c(C(=O)OC)c(-c3cc(OC)c(OC)c(OC)c3)c2cc1OC. The summed E-state index contributed by atoms with van der Waals surface area (Å²) in [6.45, 7) is 3.87. The number of nitrogen functional groups attached to an aromatic ring is 1. The van der Waals surface area contributed by atoms with Crippen LogP contribution in [0.25, 0.3) is 27.6 Å². The number of aromatic nitrogens is 1. The minimum atomic E-state index is -0.745. The van der Waals surface area contributed by atoms with Crippen molar-refractivity contribution in [1.29, 1.82) is 0 Å². The van der Waals surface area contributed by atoms with E-state index in [-0.39, 0.29) is 17.7 Å². The summed E-state index contributed by atoms with van der Waals surface area (Å²) in [5, 5.41) is 0.669. The van der Waals surface area contributed by atoms with Crippen LogP contribution in [0.1, 0.15) is 10.5 Å². The molecule has 3 aromatic carbocycles. The van der Waals surface area contributed by atoms with E-state index in [2.05, 4.69) is 6.58 Å². The summed E-state index contributed by atoms with van der Waals surface area (Å²) in [6, 6.07) is 13.2. The van der Waals surface area contributed by atoms with Gasteiger partial charge in [0.25, 0.3) is 5.56 Å². The quantitative estimate of drug-likeness (QED) is 0.172. The zero-order valence-corrected chi connectivity index (χ0v) is 22.9. The number of nitrogens with zero attached hydrogens (tertiary/aromatic N) is 1. The molecule has 2 N–H and O–H groups in total. The van der Waals surface area contributed by atoms with Crippen LogP contribution in [0.4, 0.5) is 5.69 Å². The molecule has 10 nitrogen and oxygen atoms in total. The first-order chi connectivity index (χ1) is 19.3. The summed E-state index contributed by atoms with van der Waals surface area (Å²) in [6.07, 6.45) is 1.58. The van der Waals surface area contributed by atoms with Gasteiger partial charge in [-0.05, 0) is 54.1 Å². The lowest BCUT2D eigenvalue weighted by Crippen LogP contribution is -2.27. The highest BCUT2D eigenvalue weighted by Crippen LogP contribution is 2.45. The Morgan fingerprint density at radius 3 is 1.98 bits per heavy atom. The highest BCUT2D eigenvalue weighted by atomic mass is 16.5. The molecule has 0 atom stereocenters. The molecular weight excluding hydrogens is 516 g/mol. The molecule has 0 spiro atoms. The third-order valence-electron chi connectivity index (χ3n) is 6.31. The Morgan fingerprint density at radius 1 is 0.850 bits per heavy atom. The smallest absolute Gasteiger partial charge is 0.355 e. The molecule has 0 aliphatic carbocycles. The van der Waals surface area contributed by atoms with Gasteiger partial charge in [0.2, 0.25) is 5.75 Å². The highest BCUT2D eigenvalue weighted by Gasteiger charge is 2.28. The van der Waals surface area contributed by atoms with Crippen molar-refractivity contribution in [2.45, 2.75) is 0 Å². The van der Waals surface area contributed by atoms with Gasteiger partial charge in [-0.15, -0.1) is 0 Å². The first-order valence-corrected chi connectivity index (χ1v) is 12.1. The summed E-state index contributed by atoms with van der Waals surface area (Å²) in [4.78, 5) is 27.6. The van der Waals surface area contributed by atoms with E-state index in [0.717, 1.165) is 0 Å². The van der Waals surface area contributed by atoms with E-state index in [1.165, 1.54) is 40.1 Å². The van der Waals surface area contributed by atoms with E-state index in [9.17, 15) is 9.59 Å². The lowest BCUT2D eigenvalue weighted by Gasteiger charge is -2.21. The van der Waals surface area contributed by atoms with Crippen molar-refractivity contribution in [3.05, 3.63) is 77.2 Å². The molecule has 1 aromatic heterocycles. The van der Waals surface area contributed by atoms with Gasteiger partial charge in [-0.1, -0.05) is 12.7 Å². The maximum Gasteiger partial charge on any atom is 0.355 e. The molecule has 0 amide bonds. The van der Waals surface area contributed by atoms with Crippen molar-refractivity contribution in [2.24, 2.45) is 0 Å². The van der Waals surface area contributed by atoms with Gasteiger partial charge in [-0.2, -0.15) is 0 Å². The highest BCUT2D eigenvalue weighted by molar-refractivity contribution is 6.08. The first-order valence-electron chi connectivity index (χ1n) is 12.1. The summed E-state index contributed by atoms with van der Waals surface area (Å²) < 4.78 is 34.5. The lowest BCUT2D eigenvalue weighted by atomic mass is 9.95. The number of rotatable bonds is 10. The number of benzene rings is 3. The maximum absolute atomic E-state index is 14.1. The Morgan fingerprint density at radius 2 is 1.45 bits per heavy atom. The van der Waals surface area contributed by atoms with Crippen molar-refractivity contribution >= 4 is 22.4 Å². The van der Waals surface area contributed by atoms with Gasteiger partial charge in [-0.3, -0.25) is 9.36 Å². The fraction of sp³-hybridized carbons (Fsp3) is 0.200. The number of carbonyl (C=O) groups excluding carboxylic acids is 1. The summed E-state index contributed by atoms with van der Waals surface area (Å²) >= 11 is 0. The second kappa shape index (κ2) is 11.7. The molecule has 0 aliphatic heterocycles. The lowest BCUT2D eigenvalue weighted by molar-refractivity contribution is 0.0591. The average Bonchev–Trinajstić information content (AvgIpc) is 2.98. The van der Waals surface area contributed by atoms with Crippen molar-refractivity contribution in [3.8, 4) is 45.6 Å². The monoisotopic (exact) mass is 546 g/mol. The van der Waals surface area contributed by atoms with Gasteiger partial charge in [0, 0.05) is 22.3 Å². The van der Waals surface area contributed by atoms with Gasteiger partial charge < -0.3 is 34.2 Å². The number of fused-ring (bicyclic) bond motifs is 1. The van der Waals surface area contributed by atoms with Gasteiger partial charge >= 0.3 is 5.97 Å². The molecule has 10 heteroatoms. The minimum Gasteiger partial charge on any atom is -0.493 e. The summed E-state index contributed by atoms with van der Waals surface area (Å²) in [5.41, 5.74) is 7.15.